The van der Waals surface area contributed by atoms with Crippen LogP contribution in [0.15, 0.2) is 60.7 Å². The molecule has 0 aliphatic rings. The van der Waals surface area contributed by atoms with Gasteiger partial charge < -0.3 is 15.0 Å². The molecule has 0 aliphatic carbocycles. The lowest BCUT2D eigenvalue weighted by molar-refractivity contribution is -0.139. The number of fused-ring (bicyclic) bond motifs is 1. The van der Waals surface area contributed by atoms with Crippen LogP contribution in [0, 0.1) is 0 Å². The highest BCUT2D eigenvalue weighted by molar-refractivity contribution is 6.00. The minimum Gasteiger partial charge on any atom is -0.479 e. The lowest BCUT2D eigenvalue weighted by atomic mass is 10.1. The second kappa shape index (κ2) is 5.96. The van der Waals surface area contributed by atoms with Gasteiger partial charge in [0, 0.05) is 18.0 Å². The molecule has 0 saturated carbocycles. The number of benzene rings is 2. The van der Waals surface area contributed by atoms with E-state index in [4.69, 9.17) is 0 Å². The van der Waals surface area contributed by atoms with Gasteiger partial charge in [-0.25, -0.2) is 4.79 Å². The van der Waals surface area contributed by atoms with Gasteiger partial charge in [0.05, 0.1) is 0 Å². The number of hydrogen-bond acceptors (Lipinski definition) is 2. The molecule has 5 nitrogen and oxygen atoms in total. The molecular formula is C18H16N2O3. The summed E-state index contributed by atoms with van der Waals surface area (Å²) < 4.78 is 1.76. The van der Waals surface area contributed by atoms with Crippen LogP contribution in [0.3, 0.4) is 0 Å². The first-order chi connectivity index (χ1) is 11.1. The van der Waals surface area contributed by atoms with Crippen LogP contribution in [0.4, 0.5) is 0 Å². The predicted molar refractivity (Wildman–Crippen MR) is 87.2 cm³/mol. The third-order valence-electron chi connectivity index (χ3n) is 3.84. The summed E-state index contributed by atoms with van der Waals surface area (Å²) in [5.41, 5.74) is 1.88. The average Bonchev–Trinajstić information content (AvgIpc) is 2.90. The molecule has 0 spiro atoms. The summed E-state index contributed by atoms with van der Waals surface area (Å²) in [6.45, 7) is 0. The van der Waals surface area contributed by atoms with Gasteiger partial charge in [-0.2, -0.15) is 0 Å². The standard InChI is InChI=1S/C18H16N2O3/c1-20-14-10-6-5-9-13(14)11-15(20)17(21)19-16(18(22)23)12-7-3-2-4-8-12/h2-11,16H,1H3,(H,19,21)(H,22,23)/t16-/m1/s1. The summed E-state index contributed by atoms with van der Waals surface area (Å²) >= 11 is 0. The Morgan fingerprint density at radius 1 is 1.04 bits per heavy atom. The molecule has 116 valence electrons. The molecule has 1 atom stereocenters. The van der Waals surface area contributed by atoms with Gasteiger partial charge in [-0.1, -0.05) is 48.5 Å². The molecule has 1 heterocycles. The highest BCUT2D eigenvalue weighted by Gasteiger charge is 2.24. The second-order valence-electron chi connectivity index (χ2n) is 5.30. The van der Waals surface area contributed by atoms with E-state index in [0.29, 0.717) is 11.3 Å². The maximum Gasteiger partial charge on any atom is 0.330 e. The van der Waals surface area contributed by atoms with E-state index in [2.05, 4.69) is 5.32 Å². The summed E-state index contributed by atoms with van der Waals surface area (Å²) in [6.07, 6.45) is 0. The normalized spacial score (nSPS) is 12.0. The molecule has 3 rings (SSSR count). The summed E-state index contributed by atoms with van der Waals surface area (Å²) in [5.74, 6) is -1.51. The zero-order chi connectivity index (χ0) is 16.4. The van der Waals surface area contributed by atoms with Gasteiger partial charge in [0.2, 0.25) is 0 Å². The van der Waals surface area contributed by atoms with Gasteiger partial charge in [0.25, 0.3) is 5.91 Å². The topological polar surface area (TPSA) is 71.3 Å². The first kappa shape index (κ1) is 14.8. The Bertz CT molecular complexity index is 868. The fraction of sp³-hybridized carbons (Fsp3) is 0.111. The van der Waals surface area contributed by atoms with Gasteiger partial charge in [-0.3, -0.25) is 4.79 Å². The molecule has 0 unspecified atom stereocenters. The molecule has 2 N–H and O–H groups in total. The molecule has 2 aromatic carbocycles. The van der Waals surface area contributed by atoms with Crippen molar-refractivity contribution in [2.24, 2.45) is 7.05 Å². The van der Waals surface area contributed by atoms with Gasteiger partial charge >= 0.3 is 5.97 Å². The van der Waals surface area contributed by atoms with E-state index in [0.717, 1.165) is 10.9 Å². The van der Waals surface area contributed by atoms with Crippen molar-refractivity contribution in [3.8, 4) is 0 Å². The summed E-state index contributed by atoms with van der Waals surface area (Å²) in [5, 5.41) is 12.9. The van der Waals surface area contributed by atoms with Crippen LogP contribution in [-0.4, -0.2) is 21.6 Å². The number of carbonyl (C=O) groups excluding carboxylic acids is 1. The number of aromatic nitrogens is 1. The van der Waals surface area contributed by atoms with Crippen LogP contribution < -0.4 is 5.32 Å². The first-order valence-corrected chi connectivity index (χ1v) is 7.21. The zero-order valence-electron chi connectivity index (χ0n) is 12.6. The van der Waals surface area contributed by atoms with Crippen LogP contribution in [0.25, 0.3) is 10.9 Å². The van der Waals surface area contributed by atoms with Crippen LogP contribution in [0.2, 0.25) is 0 Å². The number of amides is 1. The van der Waals surface area contributed by atoms with E-state index in [1.807, 2.05) is 24.3 Å². The second-order valence-corrected chi connectivity index (χ2v) is 5.30. The number of carbonyl (C=O) groups is 2. The van der Waals surface area contributed by atoms with Gasteiger partial charge in [-0.05, 0) is 17.7 Å². The molecule has 0 bridgehead atoms. The molecule has 1 aromatic heterocycles. The Hall–Kier alpha value is -3.08. The van der Waals surface area contributed by atoms with Crippen LogP contribution in [-0.2, 0) is 11.8 Å². The molecule has 0 aliphatic heterocycles. The number of carboxylic acids is 1. The number of nitrogens with one attached hydrogen (secondary N) is 1. The van der Waals surface area contributed by atoms with Crippen molar-refractivity contribution in [3.05, 3.63) is 71.9 Å². The molecule has 5 heteroatoms. The lowest BCUT2D eigenvalue weighted by Gasteiger charge is -2.15. The molecule has 3 aromatic rings. The van der Waals surface area contributed by atoms with Gasteiger partial charge in [0.1, 0.15) is 5.69 Å². The van der Waals surface area contributed by atoms with Crippen molar-refractivity contribution < 1.29 is 14.7 Å². The van der Waals surface area contributed by atoms with Gasteiger partial charge in [0.15, 0.2) is 6.04 Å². The minimum atomic E-state index is -1.09. The van der Waals surface area contributed by atoms with E-state index in [1.165, 1.54) is 0 Å². The molecule has 0 saturated heterocycles. The van der Waals surface area contributed by atoms with Crippen LogP contribution >= 0.6 is 0 Å². The molecule has 0 fully saturated rings. The number of para-hydroxylation sites is 1. The Balaban J connectivity index is 1.92. The Labute approximate surface area is 133 Å². The quantitative estimate of drug-likeness (QED) is 0.778. The van der Waals surface area contributed by atoms with E-state index in [1.54, 1.807) is 48.0 Å². The average molecular weight is 308 g/mol. The lowest BCUT2D eigenvalue weighted by Crippen LogP contribution is -2.34. The minimum absolute atomic E-state index is 0.417. The number of rotatable bonds is 4. The van der Waals surface area contributed by atoms with E-state index in [9.17, 15) is 14.7 Å². The van der Waals surface area contributed by atoms with E-state index >= 15 is 0 Å². The van der Waals surface area contributed by atoms with Crippen molar-refractivity contribution in [1.82, 2.24) is 9.88 Å². The van der Waals surface area contributed by atoms with Crippen LogP contribution in [0.5, 0.6) is 0 Å². The highest BCUT2D eigenvalue weighted by atomic mass is 16.4. The SMILES string of the molecule is Cn1c(C(=O)N[C@@H](C(=O)O)c2ccccc2)cc2ccccc21. The number of aryl methyl sites for hydroxylation is 1. The largest absolute Gasteiger partial charge is 0.479 e. The maximum atomic E-state index is 12.5. The Kier molecular flexibility index (Phi) is 3.85. The number of aliphatic carboxylic acids is 1. The Morgan fingerprint density at radius 3 is 2.35 bits per heavy atom. The van der Waals surface area contributed by atoms with Crippen LogP contribution in [0.1, 0.15) is 22.1 Å². The van der Waals surface area contributed by atoms with Gasteiger partial charge in [-0.15, -0.1) is 0 Å². The fourth-order valence-electron chi connectivity index (χ4n) is 2.64. The monoisotopic (exact) mass is 308 g/mol. The summed E-state index contributed by atoms with van der Waals surface area (Å²) in [6, 6.07) is 17.0. The van der Waals surface area contributed by atoms with Crippen molar-refractivity contribution in [3.63, 3.8) is 0 Å². The van der Waals surface area contributed by atoms with E-state index in [-0.39, 0.29) is 0 Å². The molecule has 23 heavy (non-hydrogen) atoms. The van der Waals surface area contributed by atoms with Crippen molar-refractivity contribution in [1.29, 1.82) is 0 Å². The predicted octanol–water partition coefficient (Wildman–Crippen LogP) is 2.73. The molecular weight excluding hydrogens is 292 g/mol. The molecule has 0 radical (unpaired) electrons. The third-order valence-corrected chi connectivity index (χ3v) is 3.84. The fourth-order valence-corrected chi connectivity index (χ4v) is 2.64. The molecule has 1 amide bonds. The smallest absolute Gasteiger partial charge is 0.330 e. The zero-order valence-corrected chi connectivity index (χ0v) is 12.6. The van der Waals surface area contributed by atoms with E-state index < -0.39 is 17.9 Å². The third kappa shape index (κ3) is 2.81. The highest BCUT2D eigenvalue weighted by Crippen LogP contribution is 2.20. The van der Waals surface area contributed by atoms with Crippen molar-refractivity contribution in [2.75, 3.05) is 0 Å². The first-order valence-electron chi connectivity index (χ1n) is 7.21. The summed E-state index contributed by atoms with van der Waals surface area (Å²) in [7, 11) is 1.79. The summed E-state index contributed by atoms with van der Waals surface area (Å²) in [4.78, 5) is 24.0. The maximum absolute atomic E-state index is 12.5. The number of carboxylic acid groups (broad SMARTS) is 1. The van der Waals surface area contributed by atoms with Crippen molar-refractivity contribution >= 4 is 22.8 Å². The number of hydrogen-bond donors (Lipinski definition) is 2. The Morgan fingerprint density at radius 2 is 1.70 bits per heavy atom. The van der Waals surface area contributed by atoms with Crippen molar-refractivity contribution in [2.45, 2.75) is 6.04 Å². The number of nitrogens with zero attached hydrogens (tertiary/aromatic N) is 1.